The van der Waals surface area contributed by atoms with Crippen LogP contribution in [-0.4, -0.2) is 57.9 Å². The van der Waals surface area contributed by atoms with Gasteiger partial charge in [-0.05, 0) is 31.7 Å². The van der Waals surface area contributed by atoms with E-state index in [1.807, 2.05) is 13.2 Å². The van der Waals surface area contributed by atoms with Gasteiger partial charge < -0.3 is 14.9 Å². The maximum absolute atomic E-state index is 12.8. The number of pyridine rings is 1. The molecule has 0 radical (unpaired) electrons. The van der Waals surface area contributed by atoms with Gasteiger partial charge in [0, 0.05) is 19.2 Å². The van der Waals surface area contributed by atoms with Crippen molar-refractivity contribution in [3.05, 3.63) is 30.1 Å². The monoisotopic (exact) mass is 332 g/mol. The molecular formula is C17H22N3O4+. The number of likely N-dealkylation sites (tertiary alicyclic amines) is 2. The van der Waals surface area contributed by atoms with E-state index in [-0.39, 0.29) is 11.8 Å². The summed E-state index contributed by atoms with van der Waals surface area (Å²) in [5.41, 5.74) is 0.538. The molecule has 1 N–H and O–H groups in total. The van der Waals surface area contributed by atoms with Gasteiger partial charge >= 0.3 is 5.97 Å². The van der Waals surface area contributed by atoms with Crippen LogP contribution in [0.5, 0.6) is 0 Å². The fourth-order valence-corrected chi connectivity index (χ4v) is 3.63. The summed E-state index contributed by atoms with van der Waals surface area (Å²) in [5.74, 6) is -1.37. The Morgan fingerprint density at radius 3 is 2.46 bits per heavy atom. The second kappa shape index (κ2) is 6.59. The van der Waals surface area contributed by atoms with Crippen LogP contribution in [0.15, 0.2) is 24.5 Å². The van der Waals surface area contributed by atoms with E-state index >= 15 is 0 Å². The van der Waals surface area contributed by atoms with Crippen LogP contribution in [0.4, 0.5) is 0 Å². The van der Waals surface area contributed by atoms with E-state index in [1.54, 1.807) is 27.8 Å². The standard InChI is InChI=1S/C17H21N3O4/c1-18-8-2-5-12(11-18)15(21)19-9-3-6-13(19)16(22)20-10-4-7-14(20)17(23)24/h2,5,8,11,13-14H,3-4,6-7,9-10H2,1H3/p+1/t13-,14-/m0/s1. The summed E-state index contributed by atoms with van der Waals surface area (Å²) in [6.45, 7) is 0.980. The molecule has 2 aliphatic rings. The molecule has 24 heavy (non-hydrogen) atoms. The number of hydrogen-bond donors (Lipinski definition) is 1. The van der Waals surface area contributed by atoms with Crippen molar-refractivity contribution in [2.45, 2.75) is 37.8 Å². The molecular weight excluding hydrogens is 310 g/mol. The Labute approximate surface area is 140 Å². The first-order chi connectivity index (χ1) is 11.5. The zero-order valence-electron chi connectivity index (χ0n) is 13.7. The number of hydrogen-bond acceptors (Lipinski definition) is 3. The molecule has 7 nitrogen and oxygen atoms in total. The fraction of sp³-hybridized carbons (Fsp3) is 0.529. The highest BCUT2D eigenvalue weighted by Crippen LogP contribution is 2.26. The topological polar surface area (TPSA) is 81.8 Å². The lowest BCUT2D eigenvalue weighted by Gasteiger charge is -2.29. The summed E-state index contributed by atoms with van der Waals surface area (Å²) in [5, 5.41) is 9.28. The quantitative estimate of drug-likeness (QED) is 0.801. The minimum absolute atomic E-state index is 0.173. The number of aliphatic carboxylic acids is 1. The molecule has 2 saturated heterocycles. The maximum atomic E-state index is 12.8. The summed E-state index contributed by atoms with van der Waals surface area (Å²) in [4.78, 5) is 40.0. The number of aryl methyl sites for hydroxylation is 1. The van der Waals surface area contributed by atoms with E-state index in [0.717, 1.165) is 6.42 Å². The number of amides is 2. The molecule has 7 heteroatoms. The number of rotatable bonds is 3. The number of carboxylic acid groups (broad SMARTS) is 1. The predicted molar refractivity (Wildman–Crippen MR) is 84.0 cm³/mol. The lowest BCUT2D eigenvalue weighted by molar-refractivity contribution is -0.671. The number of carboxylic acids is 1. The van der Waals surface area contributed by atoms with Crippen molar-refractivity contribution in [1.29, 1.82) is 0 Å². The van der Waals surface area contributed by atoms with Crippen LogP contribution in [0.3, 0.4) is 0 Å². The van der Waals surface area contributed by atoms with Gasteiger partial charge in [-0.15, -0.1) is 0 Å². The average molecular weight is 332 g/mol. The molecule has 0 saturated carbocycles. The Bertz CT molecular complexity index is 676. The van der Waals surface area contributed by atoms with Crippen LogP contribution in [0.2, 0.25) is 0 Å². The van der Waals surface area contributed by atoms with Gasteiger partial charge in [0.2, 0.25) is 5.91 Å². The van der Waals surface area contributed by atoms with Crippen molar-refractivity contribution in [3.8, 4) is 0 Å². The number of aromatic nitrogens is 1. The van der Waals surface area contributed by atoms with E-state index in [2.05, 4.69) is 0 Å². The molecule has 3 heterocycles. The first kappa shape index (κ1) is 16.4. The minimum atomic E-state index is -0.966. The van der Waals surface area contributed by atoms with Crippen LogP contribution in [-0.2, 0) is 16.6 Å². The third kappa shape index (κ3) is 2.98. The average Bonchev–Trinajstić information content (AvgIpc) is 3.22. The first-order valence-electron chi connectivity index (χ1n) is 8.28. The highest BCUT2D eigenvalue weighted by Gasteiger charge is 2.42. The minimum Gasteiger partial charge on any atom is -0.480 e. The molecule has 2 amide bonds. The van der Waals surface area contributed by atoms with Crippen LogP contribution in [0.25, 0.3) is 0 Å². The Morgan fingerprint density at radius 1 is 1.12 bits per heavy atom. The molecule has 0 bridgehead atoms. The zero-order chi connectivity index (χ0) is 17.3. The van der Waals surface area contributed by atoms with E-state index < -0.39 is 18.1 Å². The van der Waals surface area contributed by atoms with E-state index in [4.69, 9.17) is 0 Å². The van der Waals surface area contributed by atoms with Gasteiger partial charge in [0.1, 0.15) is 24.7 Å². The Kier molecular flexibility index (Phi) is 4.51. The van der Waals surface area contributed by atoms with Crippen molar-refractivity contribution in [1.82, 2.24) is 9.80 Å². The molecule has 0 spiro atoms. The Balaban J connectivity index is 1.79. The van der Waals surface area contributed by atoms with Crippen LogP contribution in [0.1, 0.15) is 36.0 Å². The summed E-state index contributed by atoms with van der Waals surface area (Å²) >= 11 is 0. The third-order valence-corrected chi connectivity index (χ3v) is 4.81. The van der Waals surface area contributed by atoms with Crippen LogP contribution < -0.4 is 4.57 Å². The number of carbonyl (C=O) groups is 3. The van der Waals surface area contributed by atoms with Crippen molar-refractivity contribution >= 4 is 17.8 Å². The van der Waals surface area contributed by atoms with Crippen molar-refractivity contribution in [2.24, 2.45) is 7.05 Å². The predicted octanol–water partition coefficient (Wildman–Crippen LogP) is 0.191. The highest BCUT2D eigenvalue weighted by atomic mass is 16.4. The highest BCUT2D eigenvalue weighted by molar-refractivity contribution is 5.98. The molecule has 2 atom stereocenters. The largest absolute Gasteiger partial charge is 0.480 e. The number of carbonyl (C=O) groups excluding carboxylic acids is 2. The zero-order valence-corrected chi connectivity index (χ0v) is 13.7. The van der Waals surface area contributed by atoms with Gasteiger partial charge in [-0.1, -0.05) is 0 Å². The molecule has 1 aromatic heterocycles. The summed E-state index contributed by atoms with van der Waals surface area (Å²) < 4.78 is 1.79. The smallest absolute Gasteiger partial charge is 0.326 e. The van der Waals surface area contributed by atoms with E-state index in [0.29, 0.717) is 37.9 Å². The Hall–Kier alpha value is -2.44. The van der Waals surface area contributed by atoms with E-state index in [9.17, 15) is 19.5 Å². The van der Waals surface area contributed by atoms with Gasteiger partial charge in [-0.3, -0.25) is 9.59 Å². The van der Waals surface area contributed by atoms with Crippen molar-refractivity contribution < 1.29 is 24.1 Å². The second-order valence-electron chi connectivity index (χ2n) is 6.44. The molecule has 128 valence electrons. The summed E-state index contributed by atoms with van der Waals surface area (Å²) in [6.07, 6.45) is 6.09. The lowest BCUT2D eigenvalue weighted by Crippen LogP contribution is -2.51. The van der Waals surface area contributed by atoms with E-state index in [1.165, 1.54) is 4.90 Å². The third-order valence-electron chi connectivity index (χ3n) is 4.81. The fourth-order valence-electron chi connectivity index (χ4n) is 3.63. The van der Waals surface area contributed by atoms with Gasteiger partial charge in [-0.25, -0.2) is 9.36 Å². The van der Waals surface area contributed by atoms with Crippen molar-refractivity contribution in [3.63, 3.8) is 0 Å². The SMILES string of the molecule is C[n+]1cccc(C(=O)N2CCC[C@H]2C(=O)N2CCC[C@H]2C(=O)O)c1. The molecule has 2 fully saturated rings. The Morgan fingerprint density at radius 2 is 1.79 bits per heavy atom. The van der Waals surface area contributed by atoms with Gasteiger partial charge in [0.15, 0.2) is 12.4 Å². The normalized spacial score (nSPS) is 23.5. The molecule has 0 unspecified atom stereocenters. The molecule has 0 aliphatic carbocycles. The first-order valence-corrected chi connectivity index (χ1v) is 8.28. The maximum Gasteiger partial charge on any atom is 0.326 e. The summed E-state index contributed by atoms with van der Waals surface area (Å²) in [7, 11) is 1.84. The molecule has 0 aromatic carbocycles. The molecule has 1 aromatic rings. The van der Waals surface area contributed by atoms with Gasteiger partial charge in [-0.2, -0.15) is 0 Å². The van der Waals surface area contributed by atoms with Gasteiger partial charge in [0.25, 0.3) is 5.91 Å². The number of nitrogens with zero attached hydrogens (tertiary/aromatic N) is 3. The van der Waals surface area contributed by atoms with Crippen LogP contribution >= 0.6 is 0 Å². The van der Waals surface area contributed by atoms with Gasteiger partial charge in [0.05, 0.1) is 0 Å². The lowest BCUT2D eigenvalue weighted by atomic mass is 10.1. The second-order valence-corrected chi connectivity index (χ2v) is 6.44. The summed E-state index contributed by atoms with van der Waals surface area (Å²) in [6, 6.07) is 2.21. The van der Waals surface area contributed by atoms with Crippen LogP contribution in [0, 0.1) is 0 Å². The molecule has 2 aliphatic heterocycles. The van der Waals surface area contributed by atoms with Crippen molar-refractivity contribution in [2.75, 3.05) is 13.1 Å². The molecule has 3 rings (SSSR count).